The molecule has 33 heavy (non-hydrogen) atoms. The van der Waals surface area contributed by atoms with Gasteiger partial charge in [-0.05, 0) is 49.4 Å². The van der Waals surface area contributed by atoms with Crippen molar-refractivity contribution in [3.63, 3.8) is 0 Å². The summed E-state index contributed by atoms with van der Waals surface area (Å²) in [5.41, 5.74) is 2.90. The summed E-state index contributed by atoms with van der Waals surface area (Å²) in [5.74, 6) is 1.16. The van der Waals surface area contributed by atoms with Crippen molar-refractivity contribution in [1.82, 2.24) is 10.3 Å². The van der Waals surface area contributed by atoms with Crippen LogP contribution in [-0.2, 0) is 16.4 Å². The monoisotopic (exact) mass is 467 g/mol. The Kier molecular flexibility index (Phi) is 6.50. The molecule has 0 saturated heterocycles. The highest BCUT2D eigenvalue weighted by atomic mass is 32.2. The van der Waals surface area contributed by atoms with Crippen molar-refractivity contribution in [2.75, 3.05) is 30.9 Å². The van der Waals surface area contributed by atoms with Crippen LogP contribution in [0.2, 0.25) is 0 Å². The Labute approximate surface area is 193 Å². The molecule has 8 nitrogen and oxygen atoms in total. The zero-order chi connectivity index (χ0) is 23.4. The fourth-order valence-electron chi connectivity index (χ4n) is 3.55. The third-order valence-electron chi connectivity index (χ3n) is 5.18. The number of rotatable bonds is 7. The van der Waals surface area contributed by atoms with E-state index in [0.29, 0.717) is 36.8 Å². The maximum Gasteiger partial charge on any atom is 0.251 e. The van der Waals surface area contributed by atoms with E-state index in [2.05, 4.69) is 15.2 Å². The van der Waals surface area contributed by atoms with Crippen LogP contribution in [0.25, 0.3) is 0 Å². The van der Waals surface area contributed by atoms with E-state index in [1.807, 2.05) is 37.3 Å². The number of aromatic nitrogens is 1. The van der Waals surface area contributed by atoms with Crippen LogP contribution in [-0.4, -0.2) is 45.3 Å². The molecule has 4 rings (SSSR count). The van der Waals surface area contributed by atoms with Crippen molar-refractivity contribution in [3.8, 4) is 11.5 Å². The van der Waals surface area contributed by atoms with Gasteiger partial charge in [-0.3, -0.25) is 9.78 Å². The first-order valence-corrected chi connectivity index (χ1v) is 12.4. The molecule has 0 atom stereocenters. The first kappa shape index (κ1) is 22.6. The van der Waals surface area contributed by atoms with E-state index in [1.165, 1.54) is 12.3 Å². The highest BCUT2D eigenvalue weighted by Crippen LogP contribution is 2.38. The molecule has 3 aromatic rings. The Morgan fingerprint density at radius 1 is 1.18 bits per heavy atom. The Balaban J connectivity index is 1.47. The minimum absolute atomic E-state index is 0.140. The number of carbonyl (C=O) groups is 1. The van der Waals surface area contributed by atoms with Crippen LogP contribution in [0, 0.1) is 0 Å². The minimum atomic E-state index is -3.31. The fraction of sp³-hybridized carbons (Fsp3) is 0.250. The van der Waals surface area contributed by atoms with Crippen molar-refractivity contribution in [3.05, 3.63) is 72.1 Å². The Bertz CT molecular complexity index is 1260. The number of hydrogen-bond donors (Lipinski definition) is 1. The number of nitrogens with zero attached hydrogens (tertiary/aromatic N) is 2. The molecule has 172 valence electrons. The molecule has 1 amide bonds. The summed E-state index contributed by atoms with van der Waals surface area (Å²) < 4.78 is 34.5. The maximum absolute atomic E-state index is 12.7. The summed E-state index contributed by atoms with van der Waals surface area (Å²) in [7, 11) is -3.31. The van der Waals surface area contributed by atoms with Gasteiger partial charge in [-0.25, -0.2) is 8.42 Å². The predicted octanol–water partition coefficient (Wildman–Crippen LogP) is 3.34. The smallest absolute Gasteiger partial charge is 0.251 e. The molecule has 0 spiro atoms. The number of pyridine rings is 1. The molecular weight excluding hydrogens is 442 g/mol. The first-order chi connectivity index (χ1) is 15.8. The van der Waals surface area contributed by atoms with Gasteiger partial charge >= 0.3 is 0 Å². The van der Waals surface area contributed by atoms with E-state index in [1.54, 1.807) is 18.2 Å². The lowest BCUT2D eigenvalue weighted by Gasteiger charge is -2.31. The normalized spacial score (nSPS) is 13.1. The molecule has 2 heterocycles. The average Bonchev–Trinajstić information content (AvgIpc) is 2.82. The second kappa shape index (κ2) is 9.50. The second-order valence-corrected chi connectivity index (χ2v) is 9.57. The van der Waals surface area contributed by atoms with Crippen LogP contribution in [0.4, 0.5) is 11.4 Å². The first-order valence-electron chi connectivity index (χ1n) is 10.6. The summed E-state index contributed by atoms with van der Waals surface area (Å²) >= 11 is 0. The molecule has 1 N–H and O–H groups in total. The topological polar surface area (TPSA) is 97.8 Å². The summed E-state index contributed by atoms with van der Waals surface area (Å²) in [5, 5.41) is 2.81. The van der Waals surface area contributed by atoms with Crippen LogP contribution >= 0.6 is 0 Å². The quantitative estimate of drug-likeness (QED) is 0.569. The summed E-state index contributed by atoms with van der Waals surface area (Å²) in [6, 6.07) is 16.3. The maximum atomic E-state index is 12.7. The van der Waals surface area contributed by atoms with Crippen LogP contribution in [0.1, 0.15) is 23.0 Å². The van der Waals surface area contributed by atoms with Crippen molar-refractivity contribution in [2.24, 2.45) is 0 Å². The number of carbonyl (C=O) groups excluding carboxylic acids is 1. The zero-order valence-corrected chi connectivity index (χ0v) is 19.3. The fourth-order valence-corrected chi connectivity index (χ4v) is 4.10. The molecule has 0 saturated carbocycles. The third-order valence-corrected chi connectivity index (χ3v) is 6.28. The van der Waals surface area contributed by atoms with Crippen LogP contribution in [0.5, 0.6) is 11.5 Å². The van der Waals surface area contributed by atoms with Gasteiger partial charge in [-0.15, -0.1) is 0 Å². The van der Waals surface area contributed by atoms with Gasteiger partial charge in [0.1, 0.15) is 18.1 Å². The number of ether oxygens (including phenoxy) is 2. The number of benzene rings is 2. The van der Waals surface area contributed by atoms with Crippen molar-refractivity contribution in [2.45, 2.75) is 18.4 Å². The predicted molar refractivity (Wildman–Crippen MR) is 125 cm³/mol. The number of sulfone groups is 1. The molecule has 1 aliphatic rings. The molecule has 0 fully saturated rings. The van der Waals surface area contributed by atoms with Crippen LogP contribution < -0.4 is 19.7 Å². The minimum Gasteiger partial charge on any atom is -0.494 e. The highest BCUT2D eigenvalue weighted by Gasteiger charge is 2.21. The van der Waals surface area contributed by atoms with E-state index in [9.17, 15) is 13.2 Å². The number of anilines is 2. The van der Waals surface area contributed by atoms with Crippen molar-refractivity contribution < 1.29 is 22.7 Å². The standard InChI is InChI=1S/C24H25N3O5S/c1-3-31-20-6-4-5-19(14-20)27-11-12-32-23-13-17(7-10-22(23)27)24(28)26-15-18-8-9-21(16-25-18)33(2,29)30/h4-10,13-14,16H,3,11-12,15H2,1-2H3,(H,26,28). The molecule has 0 aliphatic carbocycles. The van der Waals surface area contributed by atoms with E-state index in [4.69, 9.17) is 9.47 Å². The largest absolute Gasteiger partial charge is 0.494 e. The lowest BCUT2D eigenvalue weighted by atomic mass is 10.1. The van der Waals surface area contributed by atoms with Gasteiger partial charge in [-0.1, -0.05) is 6.07 Å². The summed E-state index contributed by atoms with van der Waals surface area (Å²) in [4.78, 5) is 19.1. The zero-order valence-electron chi connectivity index (χ0n) is 18.4. The molecular formula is C24H25N3O5S. The van der Waals surface area contributed by atoms with E-state index < -0.39 is 9.84 Å². The molecule has 0 unspecified atom stereocenters. The number of nitrogens with one attached hydrogen (secondary N) is 1. The summed E-state index contributed by atoms with van der Waals surface area (Å²) in [6.07, 6.45) is 2.42. The molecule has 0 bridgehead atoms. The molecule has 1 aromatic heterocycles. The van der Waals surface area contributed by atoms with Gasteiger partial charge in [0.2, 0.25) is 0 Å². The Morgan fingerprint density at radius 3 is 2.76 bits per heavy atom. The molecule has 2 aromatic carbocycles. The van der Waals surface area contributed by atoms with Crippen molar-refractivity contribution in [1.29, 1.82) is 0 Å². The number of fused-ring (bicyclic) bond motifs is 1. The molecule has 0 radical (unpaired) electrons. The van der Waals surface area contributed by atoms with Gasteiger partial charge in [0.15, 0.2) is 9.84 Å². The number of hydrogen-bond acceptors (Lipinski definition) is 7. The lowest BCUT2D eigenvalue weighted by molar-refractivity contribution is 0.0950. The molecule has 1 aliphatic heterocycles. The van der Waals surface area contributed by atoms with Crippen molar-refractivity contribution >= 4 is 27.1 Å². The van der Waals surface area contributed by atoms with Gasteiger partial charge in [0.05, 0.1) is 36.0 Å². The summed E-state index contributed by atoms with van der Waals surface area (Å²) in [6.45, 7) is 3.90. The Hall–Kier alpha value is -3.59. The number of amides is 1. The highest BCUT2D eigenvalue weighted by molar-refractivity contribution is 7.90. The van der Waals surface area contributed by atoms with Gasteiger partial charge in [0, 0.05) is 29.8 Å². The van der Waals surface area contributed by atoms with Gasteiger partial charge < -0.3 is 19.7 Å². The SMILES string of the molecule is CCOc1cccc(N2CCOc3cc(C(=O)NCc4ccc(S(C)(=O)=O)cn4)ccc32)c1. The lowest BCUT2D eigenvalue weighted by Crippen LogP contribution is -2.29. The Morgan fingerprint density at radius 2 is 2.03 bits per heavy atom. The molecule has 9 heteroatoms. The average molecular weight is 468 g/mol. The van der Waals surface area contributed by atoms with Crippen LogP contribution in [0.15, 0.2) is 65.7 Å². The van der Waals surface area contributed by atoms with Crippen LogP contribution in [0.3, 0.4) is 0 Å². The van der Waals surface area contributed by atoms with E-state index >= 15 is 0 Å². The van der Waals surface area contributed by atoms with Gasteiger partial charge in [-0.2, -0.15) is 0 Å². The van der Waals surface area contributed by atoms with E-state index in [0.717, 1.165) is 23.4 Å². The second-order valence-electron chi connectivity index (χ2n) is 7.55. The van der Waals surface area contributed by atoms with Gasteiger partial charge in [0.25, 0.3) is 5.91 Å². The van der Waals surface area contributed by atoms with E-state index in [-0.39, 0.29) is 17.3 Å². The third kappa shape index (κ3) is 5.25.